The summed E-state index contributed by atoms with van der Waals surface area (Å²) >= 11 is 0. The predicted molar refractivity (Wildman–Crippen MR) is 318 cm³/mol. The van der Waals surface area contributed by atoms with Gasteiger partial charge in [0.2, 0.25) is 0 Å². The lowest BCUT2D eigenvalue weighted by Crippen LogP contribution is -2.25. The molecule has 0 atom stereocenters. The van der Waals surface area contributed by atoms with Gasteiger partial charge in [0.05, 0.1) is 32.2 Å². The van der Waals surface area contributed by atoms with Crippen molar-refractivity contribution in [3.63, 3.8) is 0 Å². The Morgan fingerprint density at radius 1 is 0.547 bits per heavy atom. The second kappa shape index (κ2) is 18.8. The Morgan fingerprint density at radius 2 is 1.16 bits per heavy atom. The van der Waals surface area contributed by atoms with Crippen LogP contribution in [-0.2, 0) is 16.2 Å². The molecule has 0 fully saturated rings. The third-order valence-corrected chi connectivity index (χ3v) is 14.8. The molecule has 0 N–H and O–H groups in total. The molecule has 0 bridgehead atoms. The van der Waals surface area contributed by atoms with E-state index in [9.17, 15) is 4.11 Å². The molecule has 0 saturated heterocycles. The SMILES string of the molecule is [2H]c1c([2H])c(-c2ccc(-c3ccc(C(C)C)cc3C([2H])([2H])[2H])cc2)c(N2CN(c3cccc(Oc4ccc5c6ccccc6n(-c6cc(C(C)(C)C)c(C(C)(C)C)cn6)c5c4)c3)c3ccccc32)c(-c2ccc(C(C)(C)C)cc2)c1[2H]. The first-order valence-corrected chi connectivity index (χ1v) is 26.2. The van der Waals surface area contributed by atoms with Crippen LogP contribution >= 0.6 is 0 Å². The Hall–Kier alpha value is -7.89. The number of benzene rings is 8. The van der Waals surface area contributed by atoms with Gasteiger partial charge in [-0.05, 0) is 128 Å². The molecule has 1 aliphatic rings. The maximum Gasteiger partial charge on any atom is 0.137 e. The van der Waals surface area contributed by atoms with Crippen molar-refractivity contribution in [3.05, 3.63) is 216 Å². The number of hydrogen-bond donors (Lipinski definition) is 0. The summed E-state index contributed by atoms with van der Waals surface area (Å²) in [6.45, 7) is 22.1. The predicted octanol–water partition coefficient (Wildman–Crippen LogP) is 19.5. The lowest BCUT2D eigenvalue weighted by molar-refractivity contribution is 0.483. The zero-order valence-electron chi connectivity index (χ0n) is 51.1. The Balaban J connectivity index is 1.01. The molecule has 5 nitrogen and oxygen atoms in total. The number of hydrogen-bond acceptors (Lipinski definition) is 4. The number of aromatic nitrogens is 2. The third-order valence-electron chi connectivity index (χ3n) is 14.8. The molecule has 11 rings (SSSR count). The van der Waals surface area contributed by atoms with Crippen LogP contribution in [0, 0.1) is 6.85 Å². The van der Waals surface area contributed by atoms with E-state index in [1.165, 1.54) is 11.1 Å². The summed E-state index contributed by atoms with van der Waals surface area (Å²) in [5.74, 6) is 2.33. The summed E-state index contributed by atoms with van der Waals surface area (Å²) in [5.41, 5.74) is 13.7. The van der Waals surface area contributed by atoms with Crippen LogP contribution in [0.4, 0.5) is 22.7 Å². The minimum absolute atomic E-state index is 0.0406. The molecule has 0 unspecified atom stereocenters. The molecule has 0 saturated carbocycles. The molecular formula is C70H70N4O. The molecule has 75 heavy (non-hydrogen) atoms. The van der Waals surface area contributed by atoms with Crippen LogP contribution in [-0.4, -0.2) is 16.2 Å². The van der Waals surface area contributed by atoms with E-state index < -0.39 is 6.85 Å². The van der Waals surface area contributed by atoms with Crippen LogP contribution in [0.3, 0.4) is 0 Å². The van der Waals surface area contributed by atoms with E-state index in [2.05, 4.69) is 170 Å². The van der Waals surface area contributed by atoms with Gasteiger partial charge >= 0.3 is 0 Å². The zero-order valence-corrected chi connectivity index (χ0v) is 45.1. The highest BCUT2D eigenvalue weighted by atomic mass is 16.5. The molecule has 8 aromatic carbocycles. The van der Waals surface area contributed by atoms with E-state index >= 15 is 0 Å². The van der Waals surface area contributed by atoms with E-state index in [0.717, 1.165) is 66.9 Å². The van der Waals surface area contributed by atoms with Gasteiger partial charge in [0.15, 0.2) is 0 Å². The lowest BCUT2D eigenvalue weighted by atomic mass is 9.76. The minimum Gasteiger partial charge on any atom is -0.457 e. The summed E-state index contributed by atoms with van der Waals surface area (Å²) < 4.78 is 63.4. The molecule has 3 heterocycles. The Kier molecular flexibility index (Phi) is 10.6. The van der Waals surface area contributed by atoms with Crippen LogP contribution < -0.4 is 14.5 Å². The summed E-state index contributed by atoms with van der Waals surface area (Å²) in [7, 11) is 0. The fourth-order valence-electron chi connectivity index (χ4n) is 10.7. The number of nitrogens with zero attached hydrogens (tertiary/aromatic N) is 4. The Morgan fingerprint density at radius 3 is 1.81 bits per heavy atom. The number of pyridine rings is 1. The van der Waals surface area contributed by atoms with Crippen molar-refractivity contribution in [1.29, 1.82) is 0 Å². The minimum atomic E-state index is -2.34. The van der Waals surface area contributed by atoms with E-state index in [4.69, 9.17) is 13.8 Å². The Bertz CT molecular complexity index is 4060. The molecule has 1 aliphatic heterocycles. The standard InChI is InChI=1S/C70H70N4O/c1-45(2)50-33-37-55(46(3)39-50)47-27-29-48(30-28-47)56-22-18-23-57(49-31-34-51(35-32-49)68(4,5)6)67(56)73-44-72(63-25-15-16-26-64(63)73)52-19-17-20-53(40-52)75-54-36-38-59-58-21-13-14-24-62(58)74(65(59)41-54)66-42-60(69(7,8)9)61(43-71-66)70(10,11)12/h13-43,45H,44H2,1-12H3/i3D3,18D,22D,23D. The van der Waals surface area contributed by atoms with Gasteiger partial charge in [-0.3, -0.25) is 4.57 Å². The van der Waals surface area contributed by atoms with Gasteiger partial charge in [-0.25, -0.2) is 4.98 Å². The van der Waals surface area contributed by atoms with Gasteiger partial charge in [-0.2, -0.15) is 0 Å². The first-order chi connectivity index (χ1) is 38.3. The number of ether oxygens (including phenoxy) is 1. The molecule has 0 amide bonds. The number of para-hydroxylation sites is 4. The molecule has 376 valence electrons. The lowest BCUT2D eigenvalue weighted by Gasteiger charge is -2.30. The fraction of sp³-hybridized carbons (Fsp3) is 0.243. The van der Waals surface area contributed by atoms with Crippen molar-refractivity contribution >= 4 is 44.6 Å². The molecule has 5 heteroatoms. The van der Waals surface area contributed by atoms with Gasteiger partial charge in [0.25, 0.3) is 0 Å². The molecular weight excluding hydrogens is 913 g/mol. The quantitative estimate of drug-likeness (QED) is 0.144. The molecule has 0 spiro atoms. The van der Waals surface area contributed by atoms with Gasteiger partial charge in [-0.15, -0.1) is 0 Å². The van der Waals surface area contributed by atoms with E-state index in [-0.39, 0.29) is 45.9 Å². The maximum absolute atomic E-state index is 9.75. The van der Waals surface area contributed by atoms with Gasteiger partial charge in [0.1, 0.15) is 24.0 Å². The second-order valence-corrected chi connectivity index (χ2v) is 23.5. The van der Waals surface area contributed by atoms with Crippen molar-refractivity contribution < 1.29 is 13.0 Å². The van der Waals surface area contributed by atoms with E-state index in [0.29, 0.717) is 46.1 Å². The van der Waals surface area contributed by atoms with Gasteiger partial charge in [0, 0.05) is 50.0 Å². The number of anilines is 4. The number of aryl methyl sites for hydroxylation is 1. The highest BCUT2D eigenvalue weighted by molar-refractivity contribution is 6.09. The smallest absolute Gasteiger partial charge is 0.137 e. The number of rotatable bonds is 9. The normalized spacial score (nSPS) is 14.4. The first kappa shape index (κ1) is 42.5. The Labute approximate surface area is 453 Å². The first-order valence-electron chi connectivity index (χ1n) is 29.2. The van der Waals surface area contributed by atoms with Crippen LogP contribution in [0.5, 0.6) is 11.5 Å². The summed E-state index contributed by atoms with van der Waals surface area (Å²) in [6, 6.07) is 54.6. The summed E-state index contributed by atoms with van der Waals surface area (Å²) in [4.78, 5) is 9.54. The van der Waals surface area contributed by atoms with Crippen LogP contribution in [0.2, 0.25) is 0 Å². The highest BCUT2D eigenvalue weighted by Crippen LogP contribution is 2.51. The van der Waals surface area contributed by atoms with Crippen LogP contribution in [0.15, 0.2) is 188 Å². The van der Waals surface area contributed by atoms with Crippen LogP contribution in [0.25, 0.3) is 61.0 Å². The van der Waals surface area contributed by atoms with Gasteiger partial charge in [-0.1, -0.05) is 197 Å². The largest absolute Gasteiger partial charge is 0.457 e. The second-order valence-electron chi connectivity index (χ2n) is 23.5. The van der Waals surface area contributed by atoms with Crippen molar-refractivity contribution in [1.82, 2.24) is 9.55 Å². The van der Waals surface area contributed by atoms with Crippen molar-refractivity contribution in [2.45, 2.75) is 105 Å². The highest BCUT2D eigenvalue weighted by Gasteiger charge is 2.32. The zero-order chi connectivity index (χ0) is 57.7. The molecule has 2 aromatic heterocycles. The van der Waals surface area contributed by atoms with Crippen LogP contribution in [0.1, 0.15) is 118 Å². The van der Waals surface area contributed by atoms with E-state index in [1.807, 2.05) is 84.9 Å². The van der Waals surface area contributed by atoms with Crippen molar-refractivity contribution in [3.8, 4) is 50.7 Å². The fourth-order valence-corrected chi connectivity index (χ4v) is 10.7. The molecule has 10 aromatic rings. The van der Waals surface area contributed by atoms with Crippen molar-refractivity contribution in [2.75, 3.05) is 16.5 Å². The summed E-state index contributed by atoms with van der Waals surface area (Å²) in [6.07, 6.45) is 2.05. The molecule has 0 radical (unpaired) electrons. The van der Waals surface area contributed by atoms with Gasteiger partial charge < -0.3 is 14.5 Å². The summed E-state index contributed by atoms with van der Waals surface area (Å²) in [5, 5.41) is 2.23. The topological polar surface area (TPSA) is 33.5 Å². The average molecular weight is 989 g/mol. The monoisotopic (exact) mass is 989 g/mol. The van der Waals surface area contributed by atoms with E-state index in [1.54, 1.807) is 6.07 Å². The molecule has 0 aliphatic carbocycles. The third kappa shape index (κ3) is 9.28. The maximum atomic E-state index is 9.75. The van der Waals surface area contributed by atoms with Crippen molar-refractivity contribution in [2.24, 2.45) is 0 Å². The average Bonchev–Trinajstić information content (AvgIpc) is 3.19. The number of fused-ring (bicyclic) bond motifs is 4.